The summed E-state index contributed by atoms with van der Waals surface area (Å²) in [6.07, 6.45) is 2.53. The van der Waals surface area contributed by atoms with Crippen LogP contribution in [0, 0.1) is 0 Å². The van der Waals surface area contributed by atoms with Crippen molar-refractivity contribution in [1.29, 1.82) is 0 Å². The molecule has 0 radical (unpaired) electrons. The minimum absolute atomic E-state index is 0.129. The lowest BCUT2D eigenvalue weighted by Gasteiger charge is -2.20. The van der Waals surface area contributed by atoms with E-state index in [-0.39, 0.29) is 6.10 Å². The molecule has 0 aromatic heterocycles. The van der Waals surface area contributed by atoms with E-state index in [0.29, 0.717) is 19.4 Å². The molecule has 0 bridgehead atoms. The Hall–Kier alpha value is -1.26. The van der Waals surface area contributed by atoms with Gasteiger partial charge in [0.2, 0.25) is 6.79 Å². The second-order valence-corrected chi connectivity index (χ2v) is 4.81. The van der Waals surface area contributed by atoms with Crippen molar-refractivity contribution < 1.29 is 14.2 Å². The van der Waals surface area contributed by atoms with Crippen molar-refractivity contribution in [3.05, 3.63) is 23.3 Å². The first kappa shape index (κ1) is 9.74. The van der Waals surface area contributed by atoms with E-state index >= 15 is 0 Å². The van der Waals surface area contributed by atoms with Crippen LogP contribution < -0.4 is 14.8 Å². The first-order valence-corrected chi connectivity index (χ1v) is 6.20. The highest BCUT2D eigenvalue weighted by Crippen LogP contribution is 2.47. The molecule has 1 saturated heterocycles. The fourth-order valence-electron chi connectivity index (χ4n) is 3.02. The maximum atomic E-state index is 5.93. The lowest BCUT2D eigenvalue weighted by Crippen LogP contribution is -2.28. The van der Waals surface area contributed by atoms with Gasteiger partial charge in [-0.2, -0.15) is 0 Å². The molecule has 3 aliphatic heterocycles. The molecule has 4 nitrogen and oxygen atoms in total. The fraction of sp³-hybridized carbons (Fsp3) is 0.538. The first-order chi connectivity index (χ1) is 8.43. The lowest BCUT2D eigenvalue weighted by molar-refractivity contribution is 0.0412. The summed E-state index contributed by atoms with van der Waals surface area (Å²) in [7, 11) is 0. The van der Waals surface area contributed by atoms with Gasteiger partial charge in [-0.05, 0) is 31.0 Å². The third kappa shape index (κ3) is 1.37. The summed E-state index contributed by atoms with van der Waals surface area (Å²) in [6, 6.07) is 4.50. The summed E-state index contributed by atoms with van der Waals surface area (Å²) < 4.78 is 17.0. The Bertz CT molecular complexity index is 454. The Morgan fingerprint density at radius 2 is 2.24 bits per heavy atom. The molecule has 1 fully saturated rings. The van der Waals surface area contributed by atoms with Gasteiger partial charge in [-0.1, -0.05) is 6.07 Å². The van der Waals surface area contributed by atoms with Crippen molar-refractivity contribution in [3.8, 4) is 11.5 Å². The Kier molecular flexibility index (Phi) is 2.07. The highest BCUT2D eigenvalue weighted by Gasteiger charge is 2.37. The van der Waals surface area contributed by atoms with Gasteiger partial charge in [-0.25, -0.2) is 0 Å². The molecule has 1 aromatic rings. The van der Waals surface area contributed by atoms with E-state index in [9.17, 15) is 0 Å². The monoisotopic (exact) mass is 233 g/mol. The minimum atomic E-state index is 0.129. The van der Waals surface area contributed by atoms with Crippen LogP contribution in [0.3, 0.4) is 0 Å². The molecule has 3 aliphatic rings. The Labute approximate surface area is 99.9 Å². The zero-order valence-electron chi connectivity index (χ0n) is 9.57. The quantitative estimate of drug-likeness (QED) is 0.802. The summed E-state index contributed by atoms with van der Waals surface area (Å²) in [5.74, 6) is 1.76. The van der Waals surface area contributed by atoms with Crippen LogP contribution in [0.25, 0.3) is 0 Å². The van der Waals surface area contributed by atoms with E-state index in [0.717, 1.165) is 18.0 Å². The molecule has 4 rings (SSSR count). The number of nitrogens with one attached hydrogen (secondary N) is 1. The summed E-state index contributed by atoms with van der Waals surface area (Å²) in [4.78, 5) is 0. The zero-order valence-corrected chi connectivity index (χ0v) is 9.57. The van der Waals surface area contributed by atoms with Gasteiger partial charge in [0.1, 0.15) is 6.10 Å². The summed E-state index contributed by atoms with van der Waals surface area (Å²) in [5, 5.41) is 3.51. The van der Waals surface area contributed by atoms with Gasteiger partial charge in [0.15, 0.2) is 11.5 Å². The van der Waals surface area contributed by atoms with Crippen LogP contribution >= 0.6 is 0 Å². The number of hydrogen-bond donors (Lipinski definition) is 1. The molecular formula is C13H15NO3. The number of fused-ring (bicyclic) bond motifs is 3. The van der Waals surface area contributed by atoms with E-state index < -0.39 is 0 Å². The Morgan fingerprint density at radius 1 is 1.24 bits per heavy atom. The van der Waals surface area contributed by atoms with Crippen molar-refractivity contribution in [2.45, 2.75) is 31.6 Å². The lowest BCUT2D eigenvalue weighted by atomic mass is 9.97. The summed E-state index contributed by atoms with van der Waals surface area (Å²) in [5.41, 5.74) is 2.45. The second kappa shape index (κ2) is 3.62. The third-order valence-corrected chi connectivity index (χ3v) is 3.83. The molecule has 17 heavy (non-hydrogen) atoms. The van der Waals surface area contributed by atoms with Crippen LogP contribution in [0.4, 0.5) is 0 Å². The van der Waals surface area contributed by atoms with Gasteiger partial charge < -0.3 is 19.5 Å². The topological polar surface area (TPSA) is 39.7 Å². The van der Waals surface area contributed by atoms with Crippen LogP contribution in [0.1, 0.15) is 30.1 Å². The average molecular weight is 233 g/mol. The van der Waals surface area contributed by atoms with Gasteiger partial charge in [0.25, 0.3) is 0 Å². The maximum absolute atomic E-state index is 5.93. The smallest absolute Gasteiger partial charge is 0.231 e. The minimum Gasteiger partial charge on any atom is -0.454 e. The van der Waals surface area contributed by atoms with Crippen LogP contribution in [0.15, 0.2) is 12.1 Å². The van der Waals surface area contributed by atoms with E-state index in [1.807, 2.05) is 6.07 Å². The average Bonchev–Trinajstić information content (AvgIpc) is 3.08. The van der Waals surface area contributed by atoms with Crippen molar-refractivity contribution in [3.63, 3.8) is 0 Å². The Morgan fingerprint density at radius 3 is 3.12 bits per heavy atom. The van der Waals surface area contributed by atoms with Crippen LogP contribution in [0.2, 0.25) is 0 Å². The predicted molar refractivity (Wildman–Crippen MR) is 61.1 cm³/mol. The highest BCUT2D eigenvalue weighted by molar-refractivity contribution is 5.54. The first-order valence-electron chi connectivity index (χ1n) is 6.20. The number of hydrogen-bond acceptors (Lipinski definition) is 4. The molecule has 0 aliphatic carbocycles. The number of rotatable bonds is 1. The Balaban J connectivity index is 1.78. The van der Waals surface area contributed by atoms with Crippen molar-refractivity contribution in [2.24, 2.45) is 0 Å². The molecule has 1 unspecified atom stereocenters. The number of benzene rings is 1. The van der Waals surface area contributed by atoms with Gasteiger partial charge in [-0.15, -0.1) is 0 Å². The van der Waals surface area contributed by atoms with E-state index in [4.69, 9.17) is 14.2 Å². The van der Waals surface area contributed by atoms with Crippen molar-refractivity contribution >= 4 is 0 Å². The molecule has 90 valence electrons. The number of ether oxygens (including phenoxy) is 3. The molecule has 4 heteroatoms. The maximum Gasteiger partial charge on any atom is 0.231 e. The molecule has 0 spiro atoms. The second-order valence-electron chi connectivity index (χ2n) is 4.81. The van der Waals surface area contributed by atoms with E-state index in [1.165, 1.54) is 24.0 Å². The van der Waals surface area contributed by atoms with E-state index in [2.05, 4.69) is 11.4 Å². The van der Waals surface area contributed by atoms with Crippen LogP contribution in [0.5, 0.6) is 11.5 Å². The summed E-state index contributed by atoms with van der Waals surface area (Å²) >= 11 is 0. The van der Waals surface area contributed by atoms with Gasteiger partial charge >= 0.3 is 0 Å². The van der Waals surface area contributed by atoms with Crippen molar-refractivity contribution in [2.75, 3.05) is 13.3 Å². The van der Waals surface area contributed by atoms with Gasteiger partial charge in [-0.3, -0.25) is 0 Å². The van der Waals surface area contributed by atoms with Crippen LogP contribution in [-0.4, -0.2) is 19.4 Å². The molecule has 0 saturated carbocycles. The molecular weight excluding hydrogens is 218 g/mol. The van der Waals surface area contributed by atoms with Crippen LogP contribution in [-0.2, 0) is 11.3 Å². The largest absolute Gasteiger partial charge is 0.454 e. The van der Waals surface area contributed by atoms with Gasteiger partial charge in [0, 0.05) is 11.6 Å². The molecule has 0 amide bonds. The van der Waals surface area contributed by atoms with Crippen molar-refractivity contribution in [1.82, 2.24) is 5.32 Å². The fourth-order valence-corrected chi connectivity index (χ4v) is 3.02. The molecule has 1 aromatic carbocycles. The third-order valence-electron chi connectivity index (χ3n) is 3.83. The predicted octanol–water partition coefficient (Wildman–Crippen LogP) is 1.74. The SMILES string of the molecule is c1cc2c(c3c1COC3[C@@H]1CCCN1)OCO2. The molecule has 2 atom stereocenters. The molecule has 3 heterocycles. The summed E-state index contributed by atoms with van der Waals surface area (Å²) in [6.45, 7) is 2.11. The highest BCUT2D eigenvalue weighted by atomic mass is 16.7. The standard InChI is InChI=1S/C13H15NO3/c1-2-9(14-5-1)12-11-8(6-15-12)3-4-10-13(11)17-7-16-10/h3-4,9,12,14H,1-2,5-7H2/t9-,12?/m0/s1. The normalized spacial score (nSPS) is 29.6. The van der Waals surface area contributed by atoms with E-state index in [1.54, 1.807) is 0 Å². The van der Waals surface area contributed by atoms with Gasteiger partial charge in [0.05, 0.1) is 6.61 Å². The zero-order chi connectivity index (χ0) is 11.2. The molecule has 1 N–H and O–H groups in total.